The number of quaternary nitrogens is 1. The molecule has 12 heavy (non-hydrogen) atoms. The smallest absolute Gasteiger partial charge is 0.184 e. The molecule has 1 saturated carbocycles. The van der Waals surface area contributed by atoms with Crippen molar-refractivity contribution in [1.29, 1.82) is 5.26 Å². The van der Waals surface area contributed by atoms with Crippen molar-refractivity contribution in [2.75, 3.05) is 14.1 Å². The highest BCUT2D eigenvalue weighted by Crippen LogP contribution is 2.24. The standard InChI is InChI=1S/C9H16N2.ClH/c1-11(2)9(8-10)6-4-3-5-7-9;/h3-7H2,1-2H3;1H. The molecule has 3 heteroatoms. The van der Waals surface area contributed by atoms with Crippen molar-refractivity contribution in [3.05, 3.63) is 0 Å². The molecule has 1 rings (SSSR count). The van der Waals surface area contributed by atoms with Crippen LogP contribution in [-0.2, 0) is 0 Å². The van der Waals surface area contributed by atoms with Crippen LogP contribution in [0.15, 0.2) is 0 Å². The van der Waals surface area contributed by atoms with Crippen molar-refractivity contribution >= 4 is 0 Å². The molecular weight excluding hydrogens is 172 g/mol. The predicted octanol–water partition coefficient (Wildman–Crippen LogP) is -2.64. The molecule has 1 fully saturated rings. The summed E-state index contributed by atoms with van der Waals surface area (Å²) < 4.78 is 0. The van der Waals surface area contributed by atoms with Crippen LogP contribution in [-0.4, -0.2) is 19.6 Å². The lowest BCUT2D eigenvalue weighted by Crippen LogP contribution is -3.15. The topological polar surface area (TPSA) is 28.2 Å². The Hall–Kier alpha value is -0.260. The molecule has 1 N–H and O–H groups in total. The van der Waals surface area contributed by atoms with Crippen LogP contribution in [0.5, 0.6) is 0 Å². The Morgan fingerprint density at radius 2 is 1.67 bits per heavy atom. The molecule has 0 saturated heterocycles. The van der Waals surface area contributed by atoms with Crippen LogP contribution in [0.25, 0.3) is 0 Å². The fourth-order valence-corrected chi connectivity index (χ4v) is 1.88. The summed E-state index contributed by atoms with van der Waals surface area (Å²) in [7, 11) is 4.18. The van der Waals surface area contributed by atoms with E-state index in [9.17, 15) is 0 Å². The Labute approximate surface area is 81.0 Å². The minimum atomic E-state index is -0.0573. The normalized spacial score (nSPS) is 21.2. The summed E-state index contributed by atoms with van der Waals surface area (Å²) in [5, 5.41) is 9.04. The summed E-state index contributed by atoms with van der Waals surface area (Å²) in [6.45, 7) is 0. The molecule has 0 bridgehead atoms. The van der Waals surface area contributed by atoms with E-state index in [1.165, 1.54) is 24.2 Å². The van der Waals surface area contributed by atoms with Crippen molar-refractivity contribution in [2.24, 2.45) is 0 Å². The molecule has 0 atom stereocenters. The van der Waals surface area contributed by atoms with Gasteiger partial charge in [-0.3, -0.25) is 0 Å². The summed E-state index contributed by atoms with van der Waals surface area (Å²) in [5.41, 5.74) is -0.0573. The van der Waals surface area contributed by atoms with Gasteiger partial charge >= 0.3 is 0 Å². The Kier molecular flexibility index (Phi) is 4.59. The third-order valence-electron chi connectivity index (χ3n) is 2.88. The number of nitrogens with one attached hydrogen (secondary N) is 1. The van der Waals surface area contributed by atoms with Gasteiger partial charge in [0.05, 0.1) is 14.1 Å². The molecule has 70 valence electrons. The maximum Gasteiger partial charge on any atom is 0.184 e. The van der Waals surface area contributed by atoms with Crippen molar-refractivity contribution in [1.82, 2.24) is 0 Å². The van der Waals surface area contributed by atoms with E-state index in [2.05, 4.69) is 20.2 Å². The predicted molar refractivity (Wildman–Crippen MR) is 44.2 cm³/mol. The van der Waals surface area contributed by atoms with E-state index < -0.39 is 0 Å². The second-order valence-corrected chi connectivity index (χ2v) is 3.75. The second kappa shape index (κ2) is 4.69. The monoisotopic (exact) mass is 188 g/mol. The van der Waals surface area contributed by atoms with Gasteiger partial charge in [-0.25, -0.2) is 0 Å². The van der Waals surface area contributed by atoms with Crippen LogP contribution in [0.2, 0.25) is 0 Å². The quantitative estimate of drug-likeness (QED) is 0.479. The largest absolute Gasteiger partial charge is 1.00 e. The zero-order chi connectivity index (χ0) is 8.32. The van der Waals surface area contributed by atoms with E-state index in [0.717, 1.165) is 12.8 Å². The number of hydrogen-bond acceptors (Lipinski definition) is 1. The minimum absolute atomic E-state index is 0. The van der Waals surface area contributed by atoms with Gasteiger partial charge in [0.1, 0.15) is 6.07 Å². The number of nitriles is 1. The van der Waals surface area contributed by atoms with Crippen LogP contribution in [0, 0.1) is 11.3 Å². The zero-order valence-corrected chi connectivity index (χ0v) is 8.62. The maximum absolute atomic E-state index is 9.04. The Morgan fingerprint density at radius 3 is 1.92 bits per heavy atom. The number of halogens is 1. The molecule has 0 aliphatic heterocycles. The zero-order valence-electron chi connectivity index (χ0n) is 7.86. The van der Waals surface area contributed by atoms with Gasteiger partial charge in [-0.2, -0.15) is 5.26 Å². The van der Waals surface area contributed by atoms with Gasteiger partial charge in [0, 0.05) is 12.8 Å². The summed E-state index contributed by atoms with van der Waals surface area (Å²) in [4.78, 5) is 1.31. The minimum Gasteiger partial charge on any atom is -1.00 e. The lowest BCUT2D eigenvalue weighted by Gasteiger charge is -2.33. The molecule has 2 nitrogen and oxygen atoms in total. The molecule has 1 aliphatic rings. The van der Waals surface area contributed by atoms with E-state index in [4.69, 9.17) is 5.26 Å². The van der Waals surface area contributed by atoms with E-state index in [1.807, 2.05) is 0 Å². The van der Waals surface area contributed by atoms with Gasteiger partial charge in [0.2, 0.25) is 0 Å². The molecule has 1 aliphatic carbocycles. The average molecular weight is 189 g/mol. The Balaban J connectivity index is 0.00000121. The summed E-state index contributed by atoms with van der Waals surface area (Å²) in [5.74, 6) is 0. The van der Waals surface area contributed by atoms with Crippen LogP contribution >= 0.6 is 0 Å². The van der Waals surface area contributed by atoms with Gasteiger partial charge < -0.3 is 17.3 Å². The van der Waals surface area contributed by atoms with Crippen molar-refractivity contribution < 1.29 is 17.3 Å². The van der Waals surface area contributed by atoms with Gasteiger partial charge in [0.25, 0.3) is 0 Å². The van der Waals surface area contributed by atoms with Crippen LogP contribution in [0.1, 0.15) is 32.1 Å². The lowest BCUT2D eigenvalue weighted by molar-refractivity contribution is -0.907. The van der Waals surface area contributed by atoms with E-state index >= 15 is 0 Å². The first-order valence-electron chi connectivity index (χ1n) is 4.43. The van der Waals surface area contributed by atoms with Crippen LogP contribution in [0.4, 0.5) is 0 Å². The first kappa shape index (κ1) is 11.7. The van der Waals surface area contributed by atoms with Crippen LogP contribution in [0.3, 0.4) is 0 Å². The maximum atomic E-state index is 9.04. The number of nitrogens with zero attached hydrogens (tertiary/aromatic N) is 1. The highest BCUT2D eigenvalue weighted by atomic mass is 35.5. The van der Waals surface area contributed by atoms with Crippen molar-refractivity contribution in [2.45, 2.75) is 37.6 Å². The average Bonchev–Trinajstić information content (AvgIpc) is 2.05. The second-order valence-electron chi connectivity index (χ2n) is 3.75. The molecule has 0 unspecified atom stereocenters. The van der Waals surface area contributed by atoms with E-state index in [0.29, 0.717) is 0 Å². The molecule has 0 spiro atoms. The molecule has 0 aromatic carbocycles. The van der Waals surface area contributed by atoms with Crippen molar-refractivity contribution in [3.63, 3.8) is 0 Å². The summed E-state index contributed by atoms with van der Waals surface area (Å²) in [6.07, 6.45) is 5.96. The first-order valence-corrected chi connectivity index (χ1v) is 4.43. The Bertz CT molecular complexity index is 166. The molecule has 0 aromatic heterocycles. The van der Waals surface area contributed by atoms with Gasteiger partial charge in [-0.05, 0) is 12.8 Å². The SMILES string of the molecule is C[NH+](C)C1(C#N)CCCCC1.[Cl-]. The van der Waals surface area contributed by atoms with E-state index in [-0.39, 0.29) is 17.9 Å². The first-order chi connectivity index (χ1) is 5.21. The van der Waals surface area contributed by atoms with Gasteiger partial charge in [0.15, 0.2) is 5.54 Å². The fourth-order valence-electron chi connectivity index (χ4n) is 1.88. The van der Waals surface area contributed by atoms with E-state index in [1.54, 1.807) is 0 Å². The highest BCUT2D eigenvalue weighted by Gasteiger charge is 2.37. The summed E-state index contributed by atoms with van der Waals surface area (Å²) in [6, 6.07) is 2.48. The number of rotatable bonds is 1. The van der Waals surface area contributed by atoms with Crippen LogP contribution < -0.4 is 17.3 Å². The third kappa shape index (κ3) is 2.12. The molecular formula is C9H17ClN2. The molecule has 0 radical (unpaired) electrons. The number of hydrogen-bond donors (Lipinski definition) is 1. The molecule has 0 aromatic rings. The van der Waals surface area contributed by atoms with Crippen molar-refractivity contribution in [3.8, 4) is 6.07 Å². The van der Waals surface area contributed by atoms with Gasteiger partial charge in [-0.1, -0.05) is 6.42 Å². The Morgan fingerprint density at radius 1 is 1.17 bits per heavy atom. The molecule has 0 amide bonds. The van der Waals surface area contributed by atoms with Gasteiger partial charge in [-0.15, -0.1) is 0 Å². The fraction of sp³-hybridized carbons (Fsp3) is 0.889. The third-order valence-corrected chi connectivity index (χ3v) is 2.88. The summed E-state index contributed by atoms with van der Waals surface area (Å²) >= 11 is 0. The highest BCUT2D eigenvalue weighted by molar-refractivity contribution is 5.01. The molecule has 0 heterocycles. The lowest BCUT2D eigenvalue weighted by atomic mass is 9.82.